The van der Waals surface area contributed by atoms with Gasteiger partial charge in [0.05, 0.1) is 0 Å². The normalized spacial score (nSPS) is 12.0. The number of hydrogen-bond acceptors (Lipinski definition) is 1. The second-order valence-electron chi connectivity index (χ2n) is 4.34. The van der Waals surface area contributed by atoms with Crippen molar-refractivity contribution >= 4 is 39.2 Å². The van der Waals surface area contributed by atoms with Crippen molar-refractivity contribution in [3.8, 4) is 0 Å². The first-order valence-electron chi connectivity index (χ1n) is 6.33. The molecule has 0 aromatic rings. The Morgan fingerprint density at radius 1 is 0.625 bits per heavy atom. The van der Waals surface area contributed by atoms with E-state index in [1.807, 2.05) is 0 Å². The molecule has 0 aromatic heterocycles. The predicted octanol–water partition coefficient (Wildman–Crippen LogP) is 5.11. The van der Waals surface area contributed by atoms with Crippen molar-refractivity contribution in [2.45, 2.75) is 63.8 Å². The Hall–Kier alpha value is 1.05. The maximum absolute atomic E-state index is 5.80. The van der Waals surface area contributed by atoms with Gasteiger partial charge in [-0.3, -0.25) is 0 Å². The molecule has 0 saturated carbocycles. The first-order chi connectivity index (χ1) is 7.56. The molecule has 0 radical (unpaired) electrons. The van der Waals surface area contributed by atoms with Gasteiger partial charge in [-0.1, -0.05) is 51.4 Å². The molecule has 0 bridgehead atoms. The van der Waals surface area contributed by atoms with Crippen LogP contribution in [0.2, 0.25) is 6.04 Å². The maximum Gasteiger partial charge on any atom is 0.341 e. The van der Waals surface area contributed by atoms with E-state index >= 15 is 0 Å². The highest BCUT2D eigenvalue weighted by molar-refractivity contribution is 7.64. The molecule has 98 valence electrons. The Morgan fingerprint density at radius 2 is 1.00 bits per heavy atom. The van der Waals surface area contributed by atoms with Crippen molar-refractivity contribution in [2.75, 3.05) is 6.54 Å². The average molecular weight is 305 g/mol. The van der Waals surface area contributed by atoms with Crippen LogP contribution in [-0.2, 0) is 0 Å². The summed E-state index contributed by atoms with van der Waals surface area (Å²) in [6.07, 6.45) is 11.4. The molecule has 0 fully saturated rings. The summed E-state index contributed by atoms with van der Waals surface area (Å²) in [5.41, 5.74) is 5.43. The van der Waals surface area contributed by atoms with Gasteiger partial charge in [0.15, 0.2) is 0 Å². The minimum absolute atomic E-state index is 0.814. The second-order valence-corrected chi connectivity index (χ2v) is 13.6. The number of nitrogens with two attached hydrogens (primary N) is 1. The molecule has 0 aliphatic rings. The third-order valence-corrected chi connectivity index (χ3v) is 5.29. The Balaban J connectivity index is 2.99. The van der Waals surface area contributed by atoms with Gasteiger partial charge in [-0.05, 0) is 19.0 Å². The Kier molecular flexibility index (Phi) is 11.9. The van der Waals surface area contributed by atoms with Gasteiger partial charge in [0.25, 0.3) is 0 Å². The van der Waals surface area contributed by atoms with E-state index in [4.69, 9.17) is 39.0 Å². The van der Waals surface area contributed by atoms with Crippen LogP contribution in [0.25, 0.3) is 0 Å². The highest BCUT2D eigenvalue weighted by atomic mass is 35.8. The fourth-order valence-electron chi connectivity index (χ4n) is 1.71. The van der Waals surface area contributed by atoms with Gasteiger partial charge in [-0.25, -0.2) is 0 Å². The highest BCUT2D eigenvalue weighted by Gasteiger charge is 2.23. The summed E-state index contributed by atoms with van der Waals surface area (Å²) in [5, 5.41) is 0. The molecular weight excluding hydrogens is 281 g/mol. The molecule has 1 nitrogen and oxygen atoms in total. The van der Waals surface area contributed by atoms with Crippen LogP contribution in [0, 0.1) is 0 Å². The van der Waals surface area contributed by atoms with Crippen molar-refractivity contribution in [2.24, 2.45) is 5.73 Å². The van der Waals surface area contributed by atoms with Crippen molar-refractivity contribution in [1.29, 1.82) is 0 Å². The number of unbranched alkanes of at least 4 members (excludes halogenated alkanes) is 8. The summed E-state index contributed by atoms with van der Waals surface area (Å²) in [4.78, 5) is 0. The summed E-state index contributed by atoms with van der Waals surface area (Å²) < 4.78 is 0. The molecule has 0 unspecified atom stereocenters. The minimum atomic E-state index is -2.34. The number of rotatable bonds is 11. The van der Waals surface area contributed by atoms with E-state index in [9.17, 15) is 0 Å². The molecule has 0 aliphatic carbocycles. The van der Waals surface area contributed by atoms with Crippen LogP contribution in [0.5, 0.6) is 0 Å². The molecule has 2 N–H and O–H groups in total. The fourth-order valence-corrected chi connectivity index (χ4v) is 3.56. The Bertz CT molecular complexity index is 151. The van der Waals surface area contributed by atoms with Gasteiger partial charge in [0.2, 0.25) is 0 Å². The molecule has 0 saturated heterocycles. The van der Waals surface area contributed by atoms with Crippen LogP contribution < -0.4 is 5.73 Å². The molecular formula is C11H24Cl3NSi. The lowest BCUT2D eigenvalue weighted by Gasteiger charge is -2.06. The van der Waals surface area contributed by atoms with Crippen molar-refractivity contribution < 1.29 is 0 Å². The Labute approximate surface area is 115 Å². The molecule has 0 aliphatic heterocycles. The molecule has 0 atom stereocenters. The van der Waals surface area contributed by atoms with E-state index in [0.717, 1.165) is 19.0 Å². The SMILES string of the molecule is NCCCCCCCCCCC[Si](Cl)(Cl)Cl. The van der Waals surface area contributed by atoms with Crippen LogP contribution in [0.3, 0.4) is 0 Å². The average Bonchev–Trinajstić information content (AvgIpc) is 2.19. The zero-order chi connectivity index (χ0) is 12.3. The number of hydrogen-bond donors (Lipinski definition) is 1. The van der Waals surface area contributed by atoms with E-state index in [2.05, 4.69) is 0 Å². The first-order valence-corrected chi connectivity index (χ1v) is 11.6. The van der Waals surface area contributed by atoms with Crippen molar-refractivity contribution in [3.63, 3.8) is 0 Å². The molecule has 0 heterocycles. The lowest BCUT2D eigenvalue weighted by molar-refractivity contribution is 0.567. The first kappa shape index (κ1) is 17.0. The lowest BCUT2D eigenvalue weighted by atomic mass is 10.1. The minimum Gasteiger partial charge on any atom is -0.330 e. The highest BCUT2D eigenvalue weighted by Crippen LogP contribution is 2.27. The van der Waals surface area contributed by atoms with E-state index in [1.165, 1.54) is 51.4 Å². The zero-order valence-corrected chi connectivity index (χ0v) is 13.3. The van der Waals surface area contributed by atoms with Gasteiger partial charge in [-0.15, -0.1) is 33.2 Å². The van der Waals surface area contributed by atoms with Gasteiger partial charge < -0.3 is 5.73 Å². The summed E-state index contributed by atoms with van der Waals surface area (Å²) in [5.74, 6) is 0. The van der Waals surface area contributed by atoms with Gasteiger partial charge in [0, 0.05) is 0 Å². The summed E-state index contributed by atoms with van der Waals surface area (Å²) in [6.45, 7) is 0.834. The van der Waals surface area contributed by atoms with Crippen molar-refractivity contribution in [3.05, 3.63) is 0 Å². The molecule has 0 amide bonds. The van der Waals surface area contributed by atoms with Crippen LogP contribution in [-0.4, -0.2) is 12.5 Å². The quantitative estimate of drug-likeness (QED) is 0.320. The van der Waals surface area contributed by atoms with Crippen LogP contribution >= 0.6 is 33.2 Å². The van der Waals surface area contributed by atoms with Gasteiger partial charge in [-0.2, -0.15) is 0 Å². The van der Waals surface area contributed by atoms with Crippen LogP contribution in [0.4, 0.5) is 0 Å². The molecule has 0 aromatic carbocycles. The topological polar surface area (TPSA) is 26.0 Å². The largest absolute Gasteiger partial charge is 0.341 e. The third-order valence-electron chi connectivity index (χ3n) is 2.66. The lowest BCUT2D eigenvalue weighted by Crippen LogP contribution is -2.07. The second kappa shape index (κ2) is 11.2. The summed E-state index contributed by atoms with van der Waals surface area (Å²) in [7, 11) is 0. The summed E-state index contributed by atoms with van der Waals surface area (Å²) >= 11 is 17.4. The predicted molar refractivity (Wildman–Crippen MR) is 78.7 cm³/mol. The van der Waals surface area contributed by atoms with Gasteiger partial charge >= 0.3 is 6.00 Å². The Morgan fingerprint density at radius 3 is 1.38 bits per heavy atom. The van der Waals surface area contributed by atoms with E-state index in [-0.39, 0.29) is 0 Å². The van der Waals surface area contributed by atoms with Crippen LogP contribution in [0.15, 0.2) is 0 Å². The molecule has 0 rings (SSSR count). The zero-order valence-electron chi connectivity index (χ0n) is 9.99. The van der Waals surface area contributed by atoms with Crippen LogP contribution in [0.1, 0.15) is 57.8 Å². The molecule has 5 heteroatoms. The van der Waals surface area contributed by atoms with E-state index in [0.29, 0.717) is 0 Å². The van der Waals surface area contributed by atoms with E-state index in [1.54, 1.807) is 0 Å². The van der Waals surface area contributed by atoms with Crippen molar-refractivity contribution in [1.82, 2.24) is 0 Å². The standard InChI is InChI=1S/C11H24Cl3NSi/c12-16(13,14)11-9-7-5-3-1-2-4-6-8-10-15/h1-11,15H2. The maximum atomic E-state index is 5.80. The fraction of sp³-hybridized carbons (Fsp3) is 1.00. The smallest absolute Gasteiger partial charge is 0.330 e. The monoisotopic (exact) mass is 303 g/mol. The molecule has 16 heavy (non-hydrogen) atoms. The number of halogens is 3. The summed E-state index contributed by atoms with van der Waals surface area (Å²) in [6, 6.07) is -1.53. The molecule has 0 spiro atoms. The van der Waals surface area contributed by atoms with E-state index < -0.39 is 6.00 Å². The van der Waals surface area contributed by atoms with Gasteiger partial charge in [0.1, 0.15) is 0 Å². The third kappa shape index (κ3) is 15.0.